The van der Waals surface area contributed by atoms with Gasteiger partial charge in [-0.2, -0.15) is 5.10 Å². The summed E-state index contributed by atoms with van der Waals surface area (Å²) in [5.41, 5.74) is 0. The molecule has 0 atom stereocenters. The first-order chi connectivity index (χ1) is 9.15. The Balaban J connectivity index is 1.69. The zero-order valence-electron chi connectivity index (χ0n) is 12.0. The summed E-state index contributed by atoms with van der Waals surface area (Å²) in [5.74, 6) is 0.757. The Hall–Kier alpha value is -1.36. The molecule has 0 aromatic carbocycles. The van der Waals surface area contributed by atoms with E-state index in [1.165, 1.54) is 0 Å². The van der Waals surface area contributed by atoms with Gasteiger partial charge in [-0.05, 0) is 12.0 Å². The zero-order valence-corrected chi connectivity index (χ0v) is 12.0. The molecule has 106 valence electrons. The van der Waals surface area contributed by atoms with E-state index in [1.54, 1.807) is 0 Å². The lowest BCUT2D eigenvalue weighted by Gasteiger charge is -2.35. The van der Waals surface area contributed by atoms with Gasteiger partial charge in [-0.3, -0.25) is 14.4 Å². The van der Waals surface area contributed by atoms with Gasteiger partial charge in [0.25, 0.3) is 0 Å². The molecular weight excluding hydrogens is 240 g/mol. The van der Waals surface area contributed by atoms with Gasteiger partial charge in [-0.25, -0.2) is 0 Å². The van der Waals surface area contributed by atoms with Crippen LogP contribution in [-0.4, -0.2) is 58.2 Å². The molecule has 0 radical (unpaired) electrons. The van der Waals surface area contributed by atoms with Crippen molar-refractivity contribution < 1.29 is 4.79 Å². The fourth-order valence-corrected chi connectivity index (χ4v) is 2.38. The van der Waals surface area contributed by atoms with Crippen LogP contribution >= 0.6 is 0 Å². The zero-order chi connectivity index (χ0) is 13.7. The molecule has 5 heteroatoms. The lowest BCUT2D eigenvalue weighted by Crippen LogP contribution is -2.49. The standard InChI is InChI=1S/C14H24N4O/c1-13(2)12-14(19)17-9-6-16(7-10-17)8-11-18-5-3-4-15-18/h3-5,13H,6-12H2,1-2H3. The van der Waals surface area contributed by atoms with E-state index >= 15 is 0 Å². The predicted molar refractivity (Wildman–Crippen MR) is 74.7 cm³/mol. The van der Waals surface area contributed by atoms with Gasteiger partial charge in [0.05, 0.1) is 6.54 Å². The second-order valence-corrected chi connectivity index (χ2v) is 5.59. The Morgan fingerprint density at radius 2 is 1.95 bits per heavy atom. The molecular formula is C14H24N4O. The first kappa shape index (κ1) is 14.1. The second-order valence-electron chi connectivity index (χ2n) is 5.59. The van der Waals surface area contributed by atoms with E-state index in [1.807, 2.05) is 28.0 Å². The highest BCUT2D eigenvalue weighted by Crippen LogP contribution is 2.08. The summed E-state index contributed by atoms with van der Waals surface area (Å²) in [6.07, 6.45) is 4.47. The van der Waals surface area contributed by atoms with E-state index in [0.717, 1.165) is 39.3 Å². The van der Waals surface area contributed by atoms with E-state index < -0.39 is 0 Å². The largest absolute Gasteiger partial charge is 0.340 e. The Kier molecular flexibility index (Phi) is 4.96. The maximum Gasteiger partial charge on any atom is 0.222 e. The molecule has 1 aliphatic heterocycles. The van der Waals surface area contributed by atoms with Crippen LogP contribution in [0.15, 0.2) is 18.5 Å². The summed E-state index contributed by atoms with van der Waals surface area (Å²) in [6, 6.07) is 1.95. The SMILES string of the molecule is CC(C)CC(=O)N1CCN(CCn2cccn2)CC1. The van der Waals surface area contributed by atoms with Crippen molar-refractivity contribution >= 4 is 5.91 Å². The van der Waals surface area contributed by atoms with E-state index in [2.05, 4.69) is 23.8 Å². The lowest BCUT2D eigenvalue weighted by molar-refractivity contribution is -0.133. The van der Waals surface area contributed by atoms with E-state index in [0.29, 0.717) is 18.2 Å². The van der Waals surface area contributed by atoms with Gasteiger partial charge >= 0.3 is 0 Å². The first-order valence-corrected chi connectivity index (χ1v) is 7.12. The maximum absolute atomic E-state index is 12.0. The number of piperazine rings is 1. The Morgan fingerprint density at radius 1 is 1.21 bits per heavy atom. The van der Waals surface area contributed by atoms with Crippen LogP contribution in [0.1, 0.15) is 20.3 Å². The number of amides is 1. The third kappa shape index (κ3) is 4.35. The molecule has 0 N–H and O–H groups in total. The van der Waals surface area contributed by atoms with Crippen molar-refractivity contribution in [2.45, 2.75) is 26.8 Å². The van der Waals surface area contributed by atoms with Crippen molar-refractivity contribution in [2.24, 2.45) is 5.92 Å². The Bertz CT molecular complexity index is 380. The molecule has 1 fully saturated rings. The van der Waals surface area contributed by atoms with E-state index in [9.17, 15) is 4.79 Å². The Labute approximate surface area is 115 Å². The molecule has 1 amide bonds. The normalized spacial score (nSPS) is 17.1. The second kappa shape index (κ2) is 6.70. The topological polar surface area (TPSA) is 41.4 Å². The quantitative estimate of drug-likeness (QED) is 0.799. The van der Waals surface area contributed by atoms with Crippen molar-refractivity contribution in [1.82, 2.24) is 19.6 Å². The number of carbonyl (C=O) groups is 1. The summed E-state index contributed by atoms with van der Waals surface area (Å²) >= 11 is 0. The third-order valence-corrected chi connectivity index (χ3v) is 3.51. The number of nitrogens with zero attached hydrogens (tertiary/aromatic N) is 4. The minimum absolute atomic E-state index is 0.307. The average Bonchev–Trinajstić information content (AvgIpc) is 2.89. The molecule has 1 aromatic rings. The van der Waals surface area contributed by atoms with Gasteiger partial charge < -0.3 is 4.90 Å². The van der Waals surface area contributed by atoms with Gasteiger partial charge in [0.1, 0.15) is 0 Å². The van der Waals surface area contributed by atoms with Crippen LogP contribution in [0.5, 0.6) is 0 Å². The van der Waals surface area contributed by atoms with Crippen molar-refractivity contribution in [3.8, 4) is 0 Å². The van der Waals surface area contributed by atoms with Crippen LogP contribution in [0.4, 0.5) is 0 Å². The number of carbonyl (C=O) groups excluding carboxylic acids is 1. The fraction of sp³-hybridized carbons (Fsp3) is 0.714. The molecule has 0 saturated carbocycles. The van der Waals surface area contributed by atoms with E-state index in [4.69, 9.17) is 0 Å². The summed E-state index contributed by atoms with van der Waals surface area (Å²) in [4.78, 5) is 16.4. The van der Waals surface area contributed by atoms with Crippen molar-refractivity contribution in [2.75, 3.05) is 32.7 Å². The highest BCUT2D eigenvalue weighted by atomic mass is 16.2. The average molecular weight is 264 g/mol. The number of rotatable bonds is 5. The minimum Gasteiger partial charge on any atom is -0.340 e. The lowest BCUT2D eigenvalue weighted by atomic mass is 10.1. The van der Waals surface area contributed by atoms with Gasteiger partial charge in [-0.1, -0.05) is 13.8 Å². The monoisotopic (exact) mass is 264 g/mol. The van der Waals surface area contributed by atoms with Crippen molar-refractivity contribution in [3.63, 3.8) is 0 Å². The third-order valence-electron chi connectivity index (χ3n) is 3.51. The molecule has 2 rings (SSSR count). The number of hydrogen-bond acceptors (Lipinski definition) is 3. The summed E-state index contributed by atoms with van der Waals surface area (Å²) < 4.78 is 1.95. The number of aromatic nitrogens is 2. The van der Waals surface area contributed by atoms with Crippen LogP contribution in [0.25, 0.3) is 0 Å². The summed E-state index contributed by atoms with van der Waals surface area (Å²) in [7, 11) is 0. The molecule has 0 spiro atoms. The first-order valence-electron chi connectivity index (χ1n) is 7.12. The summed E-state index contributed by atoms with van der Waals surface area (Å²) in [5, 5.41) is 4.20. The fourth-order valence-electron chi connectivity index (χ4n) is 2.38. The molecule has 19 heavy (non-hydrogen) atoms. The highest BCUT2D eigenvalue weighted by Gasteiger charge is 2.21. The van der Waals surface area contributed by atoms with Crippen LogP contribution in [-0.2, 0) is 11.3 Å². The summed E-state index contributed by atoms with van der Waals surface area (Å²) in [6.45, 7) is 9.81. The van der Waals surface area contributed by atoms with Crippen molar-refractivity contribution in [3.05, 3.63) is 18.5 Å². The maximum atomic E-state index is 12.0. The van der Waals surface area contributed by atoms with Crippen LogP contribution in [0.3, 0.4) is 0 Å². The van der Waals surface area contributed by atoms with Crippen LogP contribution < -0.4 is 0 Å². The van der Waals surface area contributed by atoms with Gasteiger partial charge in [0.15, 0.2) is 0 Å². The van der Waals surface area contributed by atoms with Crippen molar-refractivity contribution in [1.29, 1.82) is 0 Å². The Morgan fingerprint density at radius 3 is 2.53 bits per heavy atom. The number of hydrogen-bond donors (Lipinski definition) is 0. The molecule has 1 saturated heterocycles. The predicted octanol–water partition coefficient (Wildman–Crippen LogP) is 1.07. The van der Waals surface area contributed by atoms with Gasteiger partial charge in [-0.15, -0.1) is 0 Å². The molecule has 5 nitrogen and oxygen atoms in total. The smallest absolute Gasteiger partial charge is 0.222 e. The minimum atomic E-state index is 0.307. The molecule has 1 aliphatic rings. The van der Waals surface area contributed by atoms with Crippen LogP contribution in [0, 0.1) is 5.92 Å². The van der Waals surface area contributed by atoms with Gasteiger partial charge in [0, 0.05) is 51.5 Å². The molecule has 1 aromatic heterocycles. The molecule has 0 unspecified atom stereocenters. The van der Waals surface area contributed by atoms with Crippen LogP contribution in [0.2, 0.25) is 0 Å². The molecule has 0 aliphatic carbocycles. The molecule has 0 bridgehead atoms. The molecule has 2 heterocycles. The van der Waals surface area contributed by atoms with E-state index in [-0.39, 0.29) is 0 Å². The van der Waals surface area contributed by atoms with Gasteiger partial charge in [0.2, 0.25) is 5.91 Å². The highest BCUT2D eigenvalue weighted by molar-refractivity contribution is 5.76.